The second-order valence-electron chi connectivity index (χ2n) is 6.64. The highest BCUT2D eigenvalue weighted by Crippen LogP contribution is 2.39. The van der Waals surface area contributed by atoms with Crippen molar-refractivity contribution in [3.8, 4) is 0 Å². The number of amides is 1. The lowest BCUT2D eigenvalue weighted by atomic mass is 9.90. The number of nitrogens with zero attached hydrogens (tertiary/aromatic N) is 1. The number of hydrogen-bond acceptors (Lipinski definition) is 3. The van der Waals surface area contributed by atoms with E-state index >= 15 is 0 Å². The fourth-order valence-corrected chi connectivity index (χ4v) is 4.44. The van der Waals surface area contributed by atoms with Crippen molar-refractivity contribution >= 4 is 5.91 Å². The first-order chi connectivity index (χ1) is 9.16. The van der Waals surface area contributed by atoms with Crippen LogP contribution in [0.1, 0.15) is 45.4 Å². The molecule has 3 rings (SSSR count). The summed E-state index contributed by atoms with van der Waals surface area (Å²) in [5.74, 6) is 1.18. The van der Waals surface area contributed by atoms with Crippen LogP contribution in [0, 0.1) is 11.8 Å². The van der Waals surface area contributed by atoms with Gasteiger partial charge in [-0.1, -0.05) is 13.3 Å². The summed E-state index contributed by atoms with van der Waals surface area (Å²) in [6.45, 7) is 4.76. The predicted molar refractivity (Wildman–Crippen MR) is 73.7 cm³/mol. The van der Waals surface area contributed by atoms with Gasteiger partial charge in [0.05, 0.1) is 11.6 Å². The van der Waals surface area contributed by atoms with Crippen molar-refractivity contribution in [2.75, 3.05) is 19.6 Å². The fourth-order valence-electron chi connectivity index (χ4n) is 4.44. The molecule has 0 spiro atoms. The molecule has 4 unspecified atom stereocenters. The standard InChI is InChI=1S/C15H26N2O2/c1-2-6-15(7-3-8-16-15)14(19)17-9-11-4-5-13(18)12(11)10-17/h11-13,16,18H,2-10H2,1H3. The molecule has 1 aliphatic carbocycles. The zero-order valence-corrected chi connectivity index (χ0v) is 11.9. The van der Waals surface area contributed by atoms with Crippen molar-refractivity contribution in [2.24, 2.45) is 11.8 Å². The lowest BCUT2D eigenvalue weighted by molar-refractivity contribution is -0.137. The summed E-state index contributed by atoms with van der Waals surface area (Å²) < 4.78 is 0. The molecular formula is C15H26N2O2. The molecule has 0 aromatic heterocycles. The van der Waals surface area contributed by atoms with Crippen molar-refractivity contribution < 1.29 is 9.90 Å². The monoisotopic (exact) mass is 266 g/mol. The zero-order chi connectivity index (χ0) is 13.5. The van der Waals surface area contributed by atoms with Crippen molar-refractivity contribution in [1.29, 1.82) is 0 Å². The SMILES string of the molecule is CCCC1(C(=O)N2CC3CCC(O)C3C2)CCCN1. The Balaban J connectivity index is 1.70. The van der Waals surface area contributed by atoms with Gasteiger partial charge in [0.2, 0.25) is 5.91 Å². The summed E-state index contributed by atoms with van der Waals surface area (Å²) in [6.07, 6.45) is 5.91. The predicted octanol–water partition coefficient (Wildman–Crippen LogP) is 1.14. The molecule has 2 N–H and O–H groups in total. The Labute approximate surface area is 115 Å². The van der Waals surface area contributed by atoms with Gasteiger partial charge in [0.15, 0.2) is 0 Å². The number of likely N-dealkylation sites (tertiary alicyclic amines) is 1. The summed E-state index contributed by atoms with van der Waals surface area (Å²) in [5, 5.41) is 13.4. The van der Waals surface area contributed by atoms with Gasteiger partial charge in [-0.2, -0.15) is 0 Å². The topological polar surface area (TPSA) is 52.6 Å². The molecule has 108 valence electrons. The van der Waals surface area contributed by atoms with E-state index in [4.69, 9.17) is 0 Å². The number of carbonyl (C=O) groups is 1. The number of nitrogens with one attached hydrogen (secondary N) is 1. The molecule has 4 heteroatoms. The van der Waals surface area contributed by atoms with Crippen LogP contribution in [0.25, 0.3) is 0 Å². The molecule has 1 saturated carbocycles. The first-order valence-corrected chi connectivity index (χ1v) is 7.89. The quantitative estimate of drug-likeness (QED) is 0.805. The van der Waals surface area contributed by atoms with Gasteiger partial charge in [-0.05, 0) is 44.6 Å². The molecule has 1 amide bonds. The van der Waals surface area contributed by atoms with Crippen molar-refractivity contribution in [3.63, 3.8) is 0 Å². The summed E-state index contributed by atoms with van der Waals surface area (Å²) in [7, 11) is 0. The Hall–Kier alpha value is -0.610. The van der Waals surface area contributed by atoms with Gasteiger partial charge in [-0.15, -0.1) is 0 Å². The minimum atomic E-state index is -0.293. The van der Waals surface area contributed by atoms with Gasteiger partial charge in [0.1, 0.15) is 0 Å². The van der Waals surface area contributed by atoms with Crippen LogP contribution in [0.5, 0.6) is 0 Å². The average molecular weight is 266 g/mol. The summed E-state index contributed by atoms with van der Waals surface area (Å²) >= 11 is 0. The molecule has 0 aromatic carbocycles. The smallest absolute Gasteiger partial charge is 0.242 e. The lowest BCUT2D eigenvalue weighted by Crippen LogP contribution is -2.54. The fraction of sp³-hybridized carbons (Fsp3) is 0.933. The van der Waals surface area contributed by atoms with E-state index in [1.165, 1.54) is 0 Å². The molecule has 19 heavy (non-hydrogen) atoms. The Morgan fingerprint density at radius 2 is 2.26 bits per heavy atom. The van der Waals surface area contributed by atoms with Crippen LogP contribution in [0.4, 0.5) is 0 Å². The van der Waals surface area contributed by atoms with Gasteiger partial charge in [0, 0.05) is 19.0 Å². The second-order valence-corrected chi connectivity index (χ2v) is 6.64. The molecule has 4 nitrogen and oxygen atoms in total. The molecule has 0 bridgehead atoms. The van der Waals surface area contributed by atoms with E-state index < -0.39 is 0 Å². The van der Waals surface area contributed by atoms with Crippen LogP contribution in [0.15, 0.2) is 0 Å². The Kier molecular flexibility index (Phi) is 3.56. The molecule has 0 aromatic rings. The van der Waals surface area contributed by atoms with Gasteiger partial charge >= 0.3 is 0 Å². The molecule has 2 heterocycles. The van der Waals surface area contributed by atoms with E-state index in [1.807, 2.05) is 4.90 Å². The highest BCUT2D eigenvalue weighted by Gasteiger charge is 2.48. The van der Waals surface area contributed by atoms with Gasteiger partial charge < -0.3 is 15.3 Å². The van der Waals surface area contributed by atoms with Crippen molar-refractivity contribution in [2.45, 2.75) is 57.1 Å². The third-order valence-corrected chi connectivity index (χ3v) is 5.44. The summed E-state index contributed by atoms with van der Waals surface area (Å²) in [6, 6.07) is 0. The van der Waals surface area contributed by atoms with E-state index in [0.29, 0.717) is 17.7 Å². The number of aliphatic hydroxyl groups is 1. The van der Waals surface area contributed by atoms with E-state index in [1.54, 1.807) is 0 Å². The molecule has 4 atom stereocenters. The number of fused-ring (bicyclic) bond motifs is 1. The van der Waals surface area contributed by atoms with E-state index in [9.17, 15) is 9.90 Å². The van der Waals surface area contributed by atoms with Crippen LogP contribution in [-0.4, -0.2) is 47.2 Å². The highest BCUT2D eigenvalue weighted by molar-refractivity contribution is 5.87. The third-order valence-electron chi connectivity index (χ3n) is 5.44. The number of carbonyl (C=O) groups excluding carboxylic acids is 1. The van der Waals surface area contributed by atoms with Crippen molar-refractivity contribution in [1.82, 2.24) is 10.2 Å². The highest BCUT2D eigenvalue weighted by atomic mass is 16.3. The maximum absolute atomic E-state index is 12.9. The summed E-state index contributed by atoms with van der Waals surface area (Å²) in [4.78, 5) is 14.9. The maximum atomic E-state index is 12.9. The van der Waals surface area contributed by atoms with Gasteiger partial charge in [0.25, 0.3) is 0 Å². The molecular weight excluding hydrogens is 240 g/mol. The third kappa shape index (κ3) is 2.19. The number of rotatable bonds is 3. The molecule has 2 aliphatic heterocycles. The first-order valence-electron chi connectivity index (χ1n) is 7.89. The van der Waals surface area contributed by atoms with Crippen LogP contribution in [0.2, 0.25) is 0 Å². The number of aliphatic hydroxyl groups excluding tert-OH is 1. The van der Waals surface area contributed by atoms with E-state index in [-0.39, 0.29) is 11.6 Å². The molecule has 2 saturated heterocycles. The Morgan fingerprint density at radius 3 is 2.89 bits per heavy atom. The molecule has 3 fully saturated rings. The van der Waals surface area contributed by atoms with Gasteiger partial charge in [-0.25, -0.2) is 0 Å². The molecule has 0 radical (unpaired) electrons. The first kappa shape index (κ1) is 13.4. The van der Waals surface area contributed by atoms with E-state index in [0.717, 1.165) is 58.2 Å². The average Bonchev–Trinajstić information content (AvgIpc) is 3.08. The minimum absolute atomic E-state index is 0.179. The largest absolute Gasteiger partial charge is 0.393 e. The zero-order valence-electron chi connectivity index (χ0n) is 11.9. The van der Waals surface area contributed by atoms with Crippen molar-refractivity contribution in [3.05, 3.63) is 0 Å². The summed E-state index contributed by atoms with van der Waals surface area (Å²) in [5.41, 5.74) is -0.293. The maximum Gasteiger partial charge on any atom is 0.242 e. The van der Waals surface area contributed by atoms with Crippen LogP contribution in [0.3, 0.4) is 0 Å². The minimum Gasteiger partial charge on any atom is -0.393 e. The van der Waals surface area contributed by atoms with Crippen LogP contribution < -0.4 is 5.32 Å². The normalized spacial score (nSPS) is 41.8. The lowest BCUT2D eigenvalue weighted by Gasteiger charge is -2.33. The van der Waals surface area contributed by atoms with Crippen LogP contribution in [-0.2, 0) is 4.79 Å². The van der Waals surface area contributed by atoms with Crippen LogP contribution >= 0.6 is 0 Å². The van der Waals surface area contributed by atoms with Gasteiger partial charge in [-0.3, -0.25) is 4.79 Å². The van der Waals surface area contributed by atoms with E-state index in [2.05, 4.69) is 12.2 Å². The number of hydrogen-bond donors (Lipinski definition) is 2. The second kappa shape index (κ2) is 5.06. The Morgan fingerprint density at radius 1 is 1.42 bits per heavy atom. The Bertz CT molecular complexity index is 352. The molecule has 3 aliphatic rings.